The summed E-state index contributed by atoms with van der Waals surface area (Å²) >= 11 is 0. The molecule has 2 unspecified atom stereocenters. The SMILES string of the molecule is CO[C@@H]1OC(C/C(N)=N/O)C(O)[C@H](O)[C@@H]1O. The van der Waals surface area contributed by atoms with Gasteiger partial charge >= 0.3 is 0 Å². The van der Waals surface area contributed by atoms with Crippen molar-refractivity contribution in [1.29, 1.82) is 0 Å². The molecule has 0 aromatic carbocycles. The molecule has 0 aliphatic carbocycles. The first-order valence-corrected chi connectivity index (χ1v) is 4.70. The third-order valence-electron chi connectivity index (χ3n) is 2.44. The van der Waals surface area contributed by atoms with Gasteiger partial charge in [-0.1, -0.05) is 5.16 Å². The number of nitrogens with two attached hydrogens (primary N) is 1. The number of aliphatic hydroxyl groups excluding tert-OH is 3. The molecule has 1 saturated heterocycles. The highest BCUT2D eigenvalue weighted by atomic mass is 16.7. The van der Waals surface area contributed by atoms with Gasteiger partial charge in [0, 0.05) is 13.5 Å². The van der Waals surface area contributed by atoms with Gasteiger partial charge in [-0.05, 0) is 0 Å². The molecule has 1 aliphatic heterocycles. The third-order valence-corrected chi connectivity index (χ3v) is 2.44. The Labute approximate surface area is 91.9 Å². The van der Waals surface area contributed by atoms with Gasteiger partial charge in [-0.3, -0.25) is 0 Å². The molecular weight excluding hydrogens is 220 g/mol. The third kappa shape index (κ3) is 2.60. The van der Waals surface area contributed by atoms with Crippen LogP contribution in [-0.2, 0) is 9.47 Å². The summed E-state index contributed by atoms with van der Waals surface area (Å²) in [5, 5.41) is 39.6. The number of methoxy groups -OCH3 is 1. The lowest BCUT2D eigenvalue weighted by Crippen LogP contribution is -2.58. The van der Waals surface area contributed by atoms with Gasteiger partial charge in [0.05, 0.1) is 6.10 Å². The highest BCUT2D eigenvalue weighted by Gasteiger charge is 2.44. The van der Waals surface area contributed by atoms with Crippen molar-refractivity contribution < 1.29 is 30.0 Å². The van der Waals surface area contributed by atoms with E-state index in [1.165, 1.54) is 7.11 Å². The maximum Gasteiger partial charge on any atom is 0.186 e. The minimum atomic E-state index is -1.41. The average molecular weight is 236 g/mol. The van der Waals surface area contributed by atoms with Crippen LogP contribution < -0.4 is 5.73 Å². The number of aliphatic hydroxyl groups is 3. The lowest BCUT2D eigenvalue weighted by molar-refractivity contribution is -0.288. The van der Waals surface area contributed by atoms with E-state index in [2.05, 4.69) is 5.16 Å². The molecule has 5 atom stereocenters. The standard InChI is InChI=1S/C8H16N2O6/c1-15-8-7(13)6(12)5(11)3(16-8)2-4(9)10-14/h3,5-8,11-14H,2H2,1H3,(H2,9,10)/t3?,5?,6-,7-,8+/m0/s1. The van der Waals surface area contributed by atoms with Crippen LogP contribution in [0, 0.1) is 0 Å². The summed E-state index contributed by atoms with van der Waals surface area (Å²) in [5.74, 6) is -0.150. The highest BCUT2D eigenvalue weighted by Crippen LogP contribution is 2.23. The zero-order valence-electron chi connectivity index (χ0n) is 8.72. The maximum absolute atomic E-state index is 9.58. The van der Waals surface area contributed by atoms with E-state index in [0.717, 1.165) is 0 Å². The minimum absolute atomic E-state index is 0.0820. The molecule has 0 radical (unpaired) electrons. The Hall–Kier alpha value is -0.930. The molecule has 8 heteroatoms. The fraction of sp³-hybridized carbons (Fsp3) is 0.875. The molecule has 0 bridgehead atoms. The molecule has 0 amide bonds. The van der Waals surface area contributed by atoms with Crippen LogP contribution in [0.25, 0.3) is 0 Å². The van der Waals surface area contributed by atoms with E-state index in [4.69, 9.17) is 20.4 Å². The summed E-state index contributed by atoms with van der Waals surface area (Å²) in [4.78, 5) is 0. The molecule has 0 aromatic rings. The minimum Gasteiger partial charge on any atom is -0.409 e. The van der Waals surface area contributed by atoms with Crippen molar-refractivity contribution in [3.63, 3.8) is 0 Å². The van der Waals surface area contributed by atoms with E-state index in [-0.39, 0.29) is 12.3 Å². The topological polar surface area (TPSA) is 138 Å². The predicted octanol–water partition coefficient (Wildman–Crippen LogP) is -2.42. The summed E-state index contributed by atoms with van der Waals surface area (Å²) in [6.07, 6.45) is -6.13. The fourth-order valence-corrected chi connectivity index (χ4v) is 1.53. The molecule has 1 aliphatic rings. The van der Waals surface area contributed by atoms with Crippen molar-refractivity contribution in [2.75, 3.05) is 7.11 Å². The molecule has 8 nitrogen and oxygen atoms in total. The van der Waals surface area contributed by atoms with Crippen molar-refractivity contribution in [2.24, 2.45) is 10.9 Å². The molecule has 6 N–H and O–H groups in total. The molecular formula is C8H16N2O6. The largest absolute Gasteiger partial charge is 0.409 e. The fourth-order valence-electron chi connectivity index (χ4n) is 1.53. The zero-order chi connectivity index (χ0) is 12.3. The van der Waals surface area contributed by atoms with Gasteiger partial charge in [0.25, 0.3) is 0 Å². The monoisotopic (exact) mass is 236 g/mol. The van der Waals surface area contributed by atoms with Crippen LogP contribution in [0.3, 0.4) is 0 Å². The molecule has 16 heavy (non-hydrogen) atoms. The molecule has 94 valence electrons. The van der Waals surface area contributed by atoms with Crippen LogP contribution >= 0.6 is 0 Å². The number of amidine groups is 1. The quantitative estimate of drug-likeness (QED) is 0.159. The molecule has 0 aromatic heterocycles. The van der Waals surface area contributed by atoms with Gasteiger partial charge in [0.15, 0.2) is 6.29 Å². The van der Waals surface area contributed by atoms with Crippen LogP contribution in [0.4, 0.5) is 0 Å². The van der Waals surface area contributed by atoms with E-state index in [1.807, 2.05) is 0 Å². The maximum atomic E-state index is 9.58. The second kappa shape index (κ2) is 5.41. The van der Waals surface area contributed by atoms with Gasteiger partial charge in [-0.15, -0.1) is 0 Å². The Morgan fingerprint density at radius 3 is 2.44 bits per heavy atom. The summed E-state index contributed by atoms with van der Waals surface area (Å²) in [5.41, 5.74) is 5.26. The van der Waals surface area contributed by atoms with Gasteiger partial charge < -0.3 is 35.7 Å². The van der Waals surface area contributed by atoms with Crippen LogP contribution in [0.1, 0.15) is 6.42 Å². The normalized spacial score (nSPS) is 41.0. The van der Waals surface area contributed by atoms with Crippen LogP contribution in [0.5, 0.6) is 0 Å². The first-order chi connectivity index (χ1) is 7.51. The number of hydrogen-bond acceptors (Lipinski definition) is 7. The molecule has 1 rings (SSSR count). The highest BCUT2D eigenvalue weighted by molar-refractivity contribution is 5.80. The Bertz CT molecular complexity index is 259. The van der Waals surface area contributed by atoms with E-state index >= 15 is 0 Å². The second-order valence-electron chi connectivity index (χ2n) is 3.55. The van der Waals surface area contributed by atoms with Crippen LogP contribution in [0.15, 0.2) is 5.16 Å². The molecule has 0 saturated carbocycles. The van der Waals surface area contributed by atoms with Crippen molar-refractivity contribution in [3.8, 4) is 0 Å². The lowest BCUT2D eigenvalue weighted by Gasteiger charge is -2.39. The Kier molecular flexibility index (Phi) is 4.44. The first-order valence-electron chi connectivity index (χ1n) is 4.70. The Morgan fingerprint density at radius 2 is 1.94 bits per heavy atom. The number of nitrogens with zero attached hydrogens (tertiary/aromatic N) is 1. The van der Waals surface area contributed by atoms with E-state index < -0.39 is 30.7 Å². The Balaban J connectivity index is 2.71. The van der Waals surface area contributed by atoms with E-state index in [0.29, 0.717) is 0 Å². The van der Waals surface area contributed by atoms with Gasteiger partial charge in [-0.25, -0.2) is 0 Å². The van der Waals surface area contributed by atoms with E-state index in [1.54, 1.807) is 0 Å². The van der Waals surface area contributed by atoms with Gasteiger partial charge in [0.2, 0.25) is 0 Å². The smallest absolute Gasteiger partial charge is 0.186 e. The second-order valence-corrected chi connectivity index (χ2v) is 3.55. The van der Waals surface area contributed by atoms with Crippen LogP contribution in [-0.4, -0.2) is 64.2 Å². The number of rotatable bonds is 3. The van der Waals surface area contributed by atoms with Gasteiger partial charge in [0.1, 0.15) is 24.1 Å². The van der Waals surface area contributed by atoms with Crippen LogP contribution in [0.2, 0.25) is 0 Å². The van der Waals surface area contributed by atoms with Crippen molar-refractivity contribution in [2.45, 2.75) is 37.1 Å². The number of hydrogen-bond donors (Lipinski definition) is 5. The van der Waals surface area contributed by atoms with Crippen molar-refractivity contribution in [1.82, 2.24) is 0 Å². The summed E-state index contributed by atoms with van der Waals surface area (Å²) in [6.45, 7) is 0. The van der Waals surface area contributed by atoms with E-state index in [9.17, 15) is 15.3 Å². The summed E-state index contributed by atoms with van der Waals surface area (Å²) in [6, 6.07) is 0. The number of oxime groups is 1. The zero-order valence-corrected chi connectivity index (χ0v) is 8.72. The molecule has 1 heterocycles. The van der Waals surface area contributed by atoms with Crippen molar-refractivity contribution >= 4 is 5.84 Å². The summed E-state index contributed by atoms with van der Waals surface area (Å²) in [7, 11) is 1.29. The van der Waals surface area contributed by atoms with Crippen molar-refractivity contribution in [3.05, 3.63) is 0 Å². The van der Waals surface area contributed by atoms with Gasteiger partial charge in [-0.2, -0.15) is 0 Å². The molecule has 1 fully saturated rings. The lowest BCUT2D eigenvalue weighted by atomic mass is 9.96. The first kappa shape index (κ1) is 13.1. The number of ether oxygens (including phenoxy) is 2. The average Bonchev–Trinajstić information content (AvgIpc) is 2.29. The predicted molar refractivity (Wildman–Crippen MR) is 51.7 cm³/mol. The Morgan fingerprint density at radius 1 is 1.31 bits per heavy atom. The molecule has 0 spiro atoms. The summed E-state index contributed by atoms with van der Waals surface area (Å²) < 4.78 is 9.93.